The van der Waals surface area contributed by atoms with E-state index in [2.05, 4.69) is 20.6 Å². The molecule has 0 bridgehead atoms. The van der Waals surface area contributed by atoms with Crippen molar-refractivity contribution in [2.24, 2.45) is 0 Å². The van der Waals surface area contributed by atoms with Crippen LogP contribution in [0.2, 0.25) is 0 Å². The number of aromatic nitrogens is 4. The maximum atomic E-state index is 12.3. The quantitative estimate of drug-likeness (QED) is 0.218. The van der Waals surface area contributed by atoms with Crippen LogP contribution < -0.4 is 10.6 Å². The van der Waals surface area contributed by atoms with Gasteiger partial charge in [0.25, 0.3) is 0 Å². The second-order valence-corrected chi connectivity index (χ2v) is 8.58. The van der Waals surface area contributed by atoms with E-state index < -0.39 is 5.97 Å². The Kier molecular flexibility index (Phi) is 6.67. The molecule has 0 aliphatic rings. The molecule has 0 unspecified atom stereocenters. The number of fused-ring (bicyclic) bond motifs is 1. The van der Waals surface area contributed by atoms with Gasteiger partial charge in [-0.15, -0.1) is 0 Å². The van der Waals surface area contributed by atoms with Gasteiger partial charge in [-0.2, -0.15) is 5.10 Å². The van der Waals surface area contributed by atoms with Gasteiger partial charge in [0, 0.05) is 52.5 Å². The summed E-state index contributed by atoms with van der Waals surface area (Å²) >= 11 is 0. The first-order valence-corrected chi connectivity index (χ1v) is 12.0. The first-order chi connectivity index (χ1) is 18.0. The summed E-state index contributed by atoms with van der Waals surface area (Å²) in [6.07, 6.45) is 4.19. The summed E-state index contributed by atoms with van der Waals surface area (Å²) in [6.45, 7) is 2.74. The first kappa shape index (κ1) is 23.8. The number of aryl methyl sites for hydroxylation is 2. The molecule has 0 atom stereocenters. The smallest absolute Gasteiger partial charge is 0.323 e. The Hall–Kier alpha value is -4.92. The minimum atomic E-state index is -0.839. The third-order valence-corrected chi connectivity index (χ3v) is 6.02. The molecule has 9 nitrogen and oxygen atoms in total. The molecule has 9 heteroatoms. The molecular weight excluding hydrogens is 468 g/mol. The highest BCUT2D eigenvalue weighted by Gasteiger charge is 2.17. The van der Waals surface area contributed by atoms with Crippen molar-refractivity contribution in [1.29, 1.82) is 0 Å². The predicted octanol–water partition coefficient (Wildman–Crippen LogP) is 5.77. The van der Waals surface area contributed by atoms with Gasteiger partial charge in [-0.3, -0.25) is 9.48 Å². The number of urea groups is 1. The van der Waals surface area contributed by atoms with Gasteiger partial charge >= 0.3 is 12.0 Å². The zero-order valence-electron chi connectivity index (χ0n) is 20.2. The molecule has 0 spiro atoms. The Morgan fingerprint density at radius 2 is 1.70 bits per heavy atom. The number of hydrogen-bond donors (Lipinski definition) is 4. The zero-order valence-corrected chi connectivity index (χ0v) is 20.2. The van der Waals surface area contributed by atoms with Crippen LogP contribution in [0.5, 0.6) is 0 Å². The predicted molar refractivity (Wildman–Crippen MR) is 143 cm³/mol. The summed E-state index contributed by atoms with van der Waals surface area (Å²) in [5.41, 5.74) is 6.52. The van der Waals surface area contributed by atoms with Crippen LogP contribution in [0.3, 0.4) is 0 Å². The molecule has 37 heavy (non-hydrogen) atoms. The van der Waals surface area contributed by atoms with E-state index >= 15 is 0 Å². The fourth-order valence-corrected chi connectivity index (χ4v) is 4.21. The summed E-state index contributed by atoms with van der Waals surface area (Å²) in [5.74, 6) is -0.839. The summed E-state index contributed by atoms with van der Waals surface area (Å²) in [7, 11) is 0. The van der Waals surface area contributed by atoms with Crippen LogP contribution in [0.1, 0.15) is 19.0 Å². The molecule has 5 aromatic rings. The normalized spacial score (nSPS) is 10.9. The summed E-state index contributed by atoms with van der Waals surface area (Å²) in [5, 5.41) is 20.4. The van der Waals surface area contributed by atoms with E-state index in [9.17, 15) is 9.59 Å². The van der Waals surface area contributed by atoms with Crippen LogP contribution in [0.4, 0.5) is 16.2 Å². The van der Waals surface area contributed by atoms with Crippen molar-refractivity contribution in [1.82, 2.24) is 19.7 Å². The van der Waals surface area contributed by atoms with E-state index in [0.717, 1.165) is 33.5 Å². The third kappa shape index (κ3) is 5.35. The highest BCUT2D eigenvalue weighted by molar-refractivity contribution is 6.00. The van der Waals surface area contributed by atoms with Gasteiger partial charge < -0.3 is 20.7 Å². The number of rotatable bonds is 8. The number of hydrogen-bond acceptors (Lipinski definition) is 4. The maximum Gasteiger partial charge on any atom is 0.323 e. The Labute approximate surface area is 213 Å². The average Bonchev–Trinajstić information content (AvgIpc) is 3.52. The topological polar surface area (TPSA) is 125 Å². The van der Waals surface area contributed by atoms with Crippen LogP contribution >= 0.6 is 0 Å². The summed E-state index contributed by atoms with van der Waals surface area (Å²) in [6, 6.07) is 20.4. The Bertz CT molecular complexity index is 1550. The second-order valence-electron chi connectivity index (χ2n) is 8.58. The molecule has 0 fully saturated rings. The Morgan fingerprint density at radius 1 is 0.973 bits per heavy atom. The van der Waals surface area contributed by atoms with E-state index in [1.54, 1.807) is 6.20 Å². The lowest BCUT2D eigenvalue weighted by molar-refractivity contribution is -0.136. The number of aliphatic carboxylic acids is 1. The number of nitrogens with one attached hydrogen (secondary N) is 3. The monoisotopic (exact) mass is 494 g/mol. The van der Waals surface area contributed by atoms with E-state index in [-0.39, 0.29) is 12.5 Å². The van der Waals surface area contributed by atoms with Gasteiger partial charge in [0.2, 0.25) is 0 Å². The Morgan fingerprint density at radius 3 is 2.41 bits per heavy atom. The number of carbonyl (C=O) groups excluding carboxylic acids is 1. The third-order valence-electron chi connectivity index (χ3n) is 6.02. The van der Waals surface area contributed by atoms with Gasteiger partial charge in [-0.25, -0.2) is 9.78 Å². The number of benzene rings is 2. The number of H-pyrrole nitrogens is 1. The molecule has 2 amide bonds. The number of carbonyl (C=O) groups is 2. The van der Waals surface area contributed by atoms with Gasteiger partial charge in [-0.05, 0) is 55.3 Å². The lowest BCUT2D eigenvalue weighted by Crippen LogP contribution is -2.19. The highest BCUT2D eigenvalue weighted by Crippen LogP contribution is 2.35. The zero-order chi connectivity index (χ0) is 25.8. The maximum absolute atomic E-state index is 12.3. The molecule has 0 saturated carbocycles. The molecule has 2 aromatic carbocycles. The molecule has 0 radical (unpaired) electrons. The van der Waals surface area contributed by atoms with E-state index in [1.807, 2.05) is 84.5 Å². The van der Waals surface area contributed by atoms with Crippen molar-refractivity contribution in [2.45, 2.75) is 26.3 Å². The average molecular weight is 495 g/mol. The molecule has 3 aromatic heterocycles. The molecule has 0 aliphatic heterocycles. The summed E-state index contributed by atoms with van der Waals surface area (Å²) in [4.78, 5) is 31.0. The molecule has 186 valence electrons. The van der Waals surface area contributed by atoms with E-state index in [0.29, 0.717) is 30.0 Å². The lowest BCUT2D eigenvalue weighted by Gasteiger charge is -2.09. The second kappa shape index (κ2) is 10.4. The van der Waals surface area contributed by atoms with Crippen molar-refractivity contribution in [3.8, 4) is 22.4 Å². The number of carboxylic acid groups (broad SMARTS) is 1. The molecule has 4 N–H and O–H groups in total. The number of anilines is 2. The first-order valence-electron chi connectivity index (χ1n) is 12.0. The highest BCUT2D eigenvalue weighted by atomic mass is 16.4. The minimum absolute atomic E-state index is 0.0466. The fourth-order valence-electron chi connectivity index (χ4n) is 4.21. The van der Waals surface area contributed by atoms with Gasteiger partial charge in [0.1, 0.15) is 11.3 Å². The van der Waals surface area contributed by atoms with Gasteiger partial charge in [0.15, 0.2) is 0 Å². The van der Waals surface area contributed by atoms with Crippen LogP contribution in [-0.4, -0.2) is 36.9 Å². The molecule has 3 heterocycles. The van der Waals surface area contributed by atoms with E-state index in [1.165, 1.54) is 0 Å². The number of pyridine rings is 1. The standard InChI is InChI=1S/C28H26N6O3/c1-2-34-17-24(22-14-15-29-27-23(22)16-21(30-27)12-13-25(35)36)26(33-34)18-8-10-20(11-9-18)32-28(37)31-19-6-4-3-5-7-19/h3-11,14-17H,2,12-13H2,1H3,(H,29,30)(H,35,36)(H2,31,32,37). The lowest BCUT2D eigenvalue weighted by atomic mass is 10.00. The van der Waals surface area contributed by atoms with Crippen LogP contribution in [0.25, 0.3) is 33.4 Å². The van der Waals surface area contributed by atoms with Crippen molar-refractivity contribution in [3.63, 3.8) is 0 Å². The number of amides is 2. The fraction of sp³-hybridized carbons (Fsp3) is 0.143. The number of para-hydroxylation sites is 1. The van der Waals surface area contributed by atoms with Crippen molar-refractivity contribution in [3.05, 3.63) is 84.8 Å². The molecule has 0 saturated heterocycles. The number of aromatic amines is 1. The number of carboxylic acids is 1. The largest absolute Gasteiger partial charge is 0.481 e. The van der Waals surface area contributed by atoms with Crippen LogP contribution in [-0.2, 0) is 17.8 Å². The molecule has 5 rings (SSSR count). The Balaban J connectivity index is 1.42. The van der Waals surface area contributed by atoms with Crippen molar-refractivity contribution < 1.29 is 14.7 Å². The van der Waals surface area contributed by atoms with Crippen molar-refractivity contribution >= 4 is 34.4 Å². The van der Waals surface area contributed by atoms with Gasteiger partial charge in [0.05, 0.1) is 6.42 Å². The van der Waals surface area contributed by atoms with Crippen LogP contribution in [0.15, 0.2) is 79.1 Å². The minimum Gasteiger partial charge on any atom is -0.481 e. The van der Waals surface area contributed by atoms with E-state index in [4.69, 9.17) is 10.2 Å². The summed E-state index contributed by atoms with van der Waals surface area (Å²) < 4.78 is 1.88. The van der Waals surface area contributed by atoms with Crippen molar-refractivity contribution in [2.75, 3.05) is 10.6 Å². The molecular formula is C28H26N6O3. The van der Waals surface area contributed by atoms with Crippen LogP contribution in [0, 0.1) is 0 Å². The van der Waals surface area contributed by atoms with Gasteiger partial charge in [-0.1, -0.05) is 30.3 Å². The molecule has 0 aliphatic carbocycles. The SMILES string of the molecule is CCn1cc(-c2ccnc3[nH]c(CCC(=O)O)cc23)c(-c2ccc(NC(=O)Nc3ccccc3)cc2)n1. The number of nitrogens with zero attached hydrogens (tertiary/aromatic N) is 3.